The van der Waals surface area contributed by atoms with Gasteiger partial charge in [-0.25, -0.2) is 0 Å². The van der Waals surface area contributed by atoms with Crippen molar-refractivity contribution < 1.29 is 4.74 Å². The Balaban J connectivity index is 1.81. The Morgan fingerprint density at radius 1 is 1.35 bits per heavy atom. The molecule has 1 saturated carbocycles. The third kappa shape index (κ3) is 2.23. The van der Waals surface area contributed by atoms with E-state index in [0.29, 0.717) is 12.0 Å². The Hall–Kier alpha value is -1.71. The van der Waals surface area contributed by atoms with Crippen molar-refractivity contribution in [2.45, 2.75) is 44.7 Å². The summed E-state index contributed by atoms with van der Waals surface area (Å²) in [7, 11) is 0. The van der Waals surface area contributed by atoms with Crippen molar-refractivity contribution in [2.24, 2.45) is 10.7 Å². The van der Waals surface area contributed by atoms with Gasteiger partial charge in [-0.2, -0.15) is 0 Å². The average Bonchev–Trinajstić information content (AvgIpc) is 3.24. The maximum atomic E-state index is 6.08. The lowest BCUT2D eigenvalue weighted by Crippen LogP contribution is -2.48. The molecule has 2 aliphatic rings. The second-order valence-corrected chi connectivity index (χ2v) is 5.92. The van der Waals surface area contributed by atoms with Crippen LogP contribution in [0.4, 0.5) is 0 Å². The molecule has 1 aliphatic heterocycles. The van der Waals surface area contributed by atoms with Crippen molar-refractivity contribution in [3.63, 3.8) is 0 Å². The first-order valence-corrected chi connectivity index (χ1v) is 7.48. The summed E-state index contributed by atoms with van der Waals surface area (Å²) in [5, 5.41) is 0. The minimum atomic E-state index is -0.103. The fourth-order valence-corrected chi connectivity index (χ4v) is 2.92. The summed E-state index contributed by atoms with van der Waals surface area (Å²) in [6.45, 7) is 5.85. The van der Waals surface area contributed by atoms with Crippen LogP contribution in [-0.4, -0.2) is 30.1 Å². The Kier molecular flexibility index (Phi) is 3.32. The zero-order valence-corrected chi connectivity index (χ0v) is 12.3. The molecule has 0 radical (unpaired) electrons. The van der Waals surface area contributed by atoms with E-state index < -0.39 is 0 Å². The number of hydrogen-bond acceptors (Lipinski definition) is 4. The normalized spacial score (nSPS) is 25.7. The fourth-order valence-electron chi connectivity index (χ4n) is 2.92. The Bertz CT molecular complexity index is 507. The molecule has 108 valence electrons. The highest BCUT2D eigenvalue weighted by Gasteiger charge is 2.46. The molecule has 1 unspecified atom stereocenters. The molecule has 0 amide bonds. The molecule has 1 aliphatic carbocycles. The molecule has 3 rings (SSSR count). The van der Waals surface area contributed by atoms with Crippen LogP contribution in [0.15, 0.2) is 29.3 Å². The van der Waals surface area contributed by atoms with E-state index in [2.05, 4.69) is 48.0 Å². The van der Waals surface area contributed by atoms with Crippen LogP contribution < -0.4 is 10.5 Å². The minimum absolute atomic E-state index is 0.103. The molecule has 0 bridgehead atoms. The van der Waals surface area contributed by atoms with Gasteiger partial charge in [-0.1, -0.05) is 19.1 Å². The van der Waals surface area contributed by atoms with Gasteiger partial charge in [0.25, 0.3) is 0 Å². The highest BCUT2D eigenvalue weighted by atomic mass is 16.5. The number of nitrogens with zero attached hydrogens (tertiary/aromatic N) is 2. The Morgan fingerprint density at radius 2 is 2.05 bits per heavy atom. The lowest BCUT2D eigenvalue weighted by Gasteiger charge is -2.37. The number of ether oxygens (including phenoxy) is 1. The number of benzene rings is 1. The summed E-state index contributed by atoms with van der Waals surface area (Å²) < 4.78 is 5.65. The zero-order chi connectivity index (χ0) is 14.2. The standard InChI is InChI=1S/C16H23N3O/c1-3-10-20-14-8-4-12(5-9-14)16(2)11-18-15(17)19(16)13-6-7-13/h4-5,8-9,13H,3,6-7,10-11H2,1-2H3,(H2,17,18). The second kappa shape index (κ2) is 5.00. The molecule has 4 nitrogen and oxygen atoms in total. The van der Waals surface area contributed by atoms with E-state index in [1.807, 2.05) is 0 Å². The molecular formula is C16H23N3O. The van der Waals surface area contributed by atoms with Crippen molar-refractivity contribution in [1.29, 1.82) is 0 Å². The maximum absolute atomic E-state index is 6.08. The van der Waals surface area contributed by atoms with E-state index in [9.17, 15) is 0 Å². The van der Waals surface area contributed by atoms with E-state index in [-0.39, 0.29) is 5.54 Å². The van der Waals surface area contributed by atoms with Gasteiger partial charge in [0.05, 0.1) is 18.7 Å². The summed E-state index contributed by atoms with van der Waals surface area (Å²) in [6.07, 6.45) is 3.48. The number of guanidine groups is 1. The van der Waals surface area contributed by atoms with Crippen LogP contribution in [0.25, 0.3) is 0 Å². The molecule has 1 aromatic carbocycles. The summed E-state index contributed by atoms with van der Waals surface area (Å²) >= 11 is 0. The van der Waals surface area contributed by atoms with E-state index in [1.165, 1.54) is 18.4 Å². The van der Waals surface area contributed by atoms with E-state index in [4.69, 9.17) is 10.5 Å². The van der Waals surface area contributed by atoms with E-state index >= 15 is 0 Å². The van der Waals surface area contributed by atoms with Crippen molar-refractivity contribution in [3.05, 3.63) is 29.8 Å². The fraction of sp³-hybridized carbons (Fsp3) is 0.562. The lowest BCUT2D eigenvalue weighted by atomic mass is 9.91. The van der Waals surface area contributed by atoms with Gasteiger partial charge in [-0.15, -0.1) is 0 Å². The average molecular weight is 273 g/mol. The SMILES string of the molecule is CCCOc1ccc(C2(C)CN=C(N)N2C2CC2)cc1. The van der Waals surface area contributed by atoms with Gasteiger partial charge in [0.2, 0.25) is 0 Å². The van der Waals surface area contributed by atoms with Crippen LogP contribution in [0.2, 0.25) is 0 Å². The summed E-state index contributed by atoms with van der Waals surface area (Å²) in [6, 6.07) is 8.97. The lowest BCUT2D eigenvalue weighted by molar-refractivity contribution is 0.216. The first-order valence-electron chi connectivity index (χ1n) is 7.48. The number of aliphatic imine (C=N–C) groups is 1. The molecule has 0 spiro atoms. The highest BCUT2D eigenvalue weighted by Crippen LogP contribution is 2.41. The number of rotatable bonds is 5. The molecule has 0 saturated heterocycles. The van der Waals surface area contributed by atoms with Gasteiger partial charge in [-0.3, -0.25) is 4.99 Å². The van der Waals surface area contributed by atoms with Crippen molar-refractivity contribution >= 4 is 5.96 Å². The van der Waals surface area contributed by atoms with Crippen LogP contribution in [-0.2, 0) is 5.54 Å². The predicted molar refractivity (Wildman–Crippen MR) is 80.9 cm³/mol. The monoisotopic (exact) mass is 273 g/mol. The van der Waals surface area contributed by atoms with Gasteiger partial charge in [0, 0.05) is 6.04 Å². The first-order chi connectivity index (χ1) is 9.65. The molecular weight excluding hydrogens is 250 g/mol. The van der Waals surface area contributed by atoms with Gasteiger partial charge < -0.3 is 15.4 Å². The maximum Gasteiger partial charge on any atom is 0.192 e. The predicted octanol–water partition coefficient (Wildman–Crippen LogP) is 2.48. The van der Waals surface area contributed by atoms with Crippen molar-refractivity contribution in [3.8, 4) is 5.75 Å². The number of nitrogens with two attached hydrogens (primary N) is 1. The Labute approximate surface area is 120 Å². The molecule has 4 heteroatoms. The molecule has 2 N–H and O–H groups in total. The topological polar surface area (TPSA) is 50.9 Å². The van der Waals surface area contributed by atoms with Crippen LogP contribution in [0.5, 0.6) is 5.75 Å². The van der Waals surface area contributed by atoms with Crippen LogP contribution in [0.3, 0.4) is 0 Å². The molecule has 0 aromatic heterocycles. The molecule has 1 aromatic rings. The second-order valence-electron chi connectivity index (χ2n) is 5.92. The van der Waals surface area contributed by atoms with Gasteiger partial charge in [0.1, 0.15) is 5.75 Å². The summed E-state index contributed by atoms with van der Waals surface area (Å²) in [4.78, 5) is 6.77. The summed E-state index contributed by atoms with van der Waals surface area (Å²) in [5.41, 5.74) is 7.24. The van der Waals surface area contributed by atoms with Crippen LogP contribution in [0.1, 0.15) is 38.7 Å². The minimum Gasteiger partial charge on any atom is -0.494 e. The van der Waals surface area contributed by atoms with Crippen molar-refractivity contribution in [2.75, 3.05) is 13.2 Å². The van der Waals surface area contributed by atoms with Crippen molar-refractivity contribution in [1.82, 2.24) is 4.90 Å². The Morgan fingerprint density at radius 3 is 2.65 bits per heavy atom. The van der Waals surface area contributed by atoms with Crippen LogP contribution >= 0.6 is 0 Å². The third-order valence-corrected chi connectivity index (χ3v) is 4.19. The highest BCUT2D eigenvalue weighted by molar-refractivity contribution is 5.82. The number of hydrogen-bond donors (Lipinski definition) is 1. The van der Waals surface area contributed by atoms with E-state index in [1.54, 1.807) is 0 Å². The molecule has 20 heavy (non-hydrogen) atoms. The largest absolute Gasteiger partial charge is 0.494 e. The smallest absolute Gasteiger partial charge is 0.192 e. The zero-order valence-electron chi connectivity index (χ0n) is 12.3. The summed E-state index contributed by atoms with van der Waals surface area (Å²) in [5.74, 6) is 1.63. The molecule has 1 heterocycles. The third-order valence-electron chi connectivity index (χ3n) is 4.19. The van der Waals surface area contributed by atoms with Gasteiger partial charge in [0.15, 0.2) is 5.96 Å². The molecule has 1 atom stereocenters. The van der Waals surface area contributed by atoms with Gasteiger partial charge in [-0.05, 0) is 43.9 Å². The van der Waals surface area contributed by atoms with Gasteiger partial charge >= 0.3 is 0 Å². The van der Waals surface area contributed by atoms with Crippen LogP contribution in [0, 0.1) is 0 Å². The van der Waals surface area contributed by atoms with E-state index in [0.717, 1.165) is 25.3 Å². The first kappa shape index (κ1) is 13.3. The molecule has 1 fully saturated rings. The quantitative estimate of drug-likeness (QED) is 0.896.